The predicted octanol–water partition coefficient (Wildman–Crippen LogP) is 1.31. The number of carboxylic acids is 1. The number of carbonyl (C=O) groups is 1. The Morgan fingerprint density at radius 2 is 2.19 bits per heavy atom. The van der Waals surface area contributed by atoms with Crippen molar-refractivity contribution < 1.29 is 14.6 Å². The number of nitrogens with zero attached hydrogens (tertiary/aromatic N) is 4. The number of aromatic carboxylic acids is 1. The first kappa shape index (κ1) is 15.2. The molecule has 0 spiro atoms. The summed E-state index contributed by atoms with van der Waals surface area (Å²) < 4.78 is 7.38. The van der Waals surface area contributed by atoms with Crippen LogP contribution < -0.4 is 4.74 Å². The number of fused-ring (bicyclic) bond motifs is 1. The van der Waals surface area contributed by atoms with Gasteiger partial charge in [0.15, 0.2) is 5.65 Å². The first-order valence-corrected chi connectivity index (χ1v) is 6.75. The van der Waals surface area contributed by atoms with Crippen LogP contribution in [0.1, 0.15) is 22.5 Å². The summed E-state index contributed by atoms with van der Waals surface area (Å²) in [5, 5.41) is 14.3. The fraction of sp³-hybridized carbons (Fsp3) is 0.500. The van der Waals surface area contributed by atoms with Crippen LogP contribution >= 0.6 is 0 Å². The van der Waals surface area contributed by atoms with E-state index in [1.165, 1.54) is 6.20 Å². The van der Waals surface area contributed by atoms with Crippen LogP contribution in [0.15, 0.2) is 6.20 Å². The molecule has 0 aliphatic rings. The van der Waals surface area contributed by atoms with Gasteiger partial charge in [0, 0.05) is 19.8 Å². The highest BCUT2D eigenvalue weighted by molar-refractivity contribution is 5.98. The van der Waals surface area contributed by atoms with E-state index in [1.807, 2.05) is 21.0 Å². The Morgan fingerprint density at radius 3 is 2.81 bits per heavy atom. The average Bonchev–Trinajstić information content (AvgIpc) is 2.69. The third kappa shape index (κ3) is 3.13. The van der Waals surface area contributed by atoms with Gasteiger partial charge in [0.1, 0.15) is 11.3 Å². The molecule has 0 amide bonds. The molecule has 2 rings (SSSR count). The SMILES string of the molecule is Cc1nn(C)c2ncc(C(=O)O)c(OCCCN(C)C)c12. The minimum Gasteiger partial charge on any atom is -0.492 e. The van der Waals surface area contributed by atoms with E-state index in [1.54, 1.807) is 11.7 Å². The number of pyridine rings is 1. The van der Waals surface area contributed by atoms with Gasteiger partial charge in [-0.3, -0.25) is 4.68 Å². The van der Waals surface area contributed by atoms with E-state index < -0.39 is 5.97 Å². The molecular weight excluding hydrogens is 272 g/mol. The molecule has 0 aliphatic carbocycles. The van der Waals surface area contributed by atoms with Gasteiger partial charge >= 0.3 is 5.97 Å². The highest BCUT2D eigenvalue weighted by atomic mass is 16.5. The smallest absolute Gasteiger partial charge is 0.341 e. The zero-order valence-corrected chi connectivity index (χ0v) is 12.8. The van der Waals surface area contributed by atoms with E-state index in [9.17, 15) is 9.90 Å². The van der Waals surface area contributed by atoms with Gasteiger partial charge in [0.25, 0.3) is 0 Å². The van der Waals surface area contributed by atoms with Gasteiger partial charge in [0.05, 0.1) is 17.7 Å². The van der Waals surface area contributed by atoms with Gasteiger partial charge < -0.3 is 14.7 Å². The molecule has 21 heavy (non-hydrogen) atoms. The van der Waals surface area contributed by atoms with Crippen LogP contribution in [0.2, 0.25) is 0 Å². The third-order valence-corrected chi connectivity index (χ3v) is 3.21. The van der Waals surface area contributed by atoms with Crippen molar-refractivity contribution >= 4 is 17.0 Å². The number of ether oxygens (including phenoxy) is 1. The van der Waals surface area contributed by atoms with Crippen LogP contribution in [0, 0.1) is 6.92 Å². The molecule has 7 heteroatoms. The van der Waals surface area contributed by atoms with Gasteiger partial charge in [-0.15, -0.1) is 0 Å². The molecule has 0 bridgehead atoms. The maximum Gasteiger partial charge on any atom is 0.341 e. The molecule has 0 aliphatic heterocycles. The summed E-state index contributed by atoms with van der Waals surface area (Å²) in [6.07, 6.45) is 2.14. The van der Waals surface area contributed by atoms with E-state index in [2.05, 4.69) is 15.0 Å². The molecule has 0 fully saturated rings. The Morgan fingerprint density at radius 1 is 1.48 bits per heavy atom. The minimum absolute atomic E-state index is 0.0726. The van der Waals surface area contributed by atoms with Crippen LogP contribution in [-0.2, 0) is 7.05 Å². The number of aryl methyl sites for hydroxylation is 2. The molecule has 0 aromatic carbocycles. The van der Waals surface area contributed by atoms with Crippen molar-refractivity contribution in [2.45, 2.75) is 13.3 Å². The van der Waals surface area contributed by atoms with Gasteiger partial charge in [-0.1, -0.05) is 0 Å². The molecule has 7 nitrogen and oxygen atoms in total. The first-order chi connectivity index (χ1) is 9.91. The van der Waals surface area contributed by atoms with Crippen molar-refractivity contribution in [3.63, 3.8) is 0 Å². The fourth-order valence-corrected chi connectivity index (χ4v) is 2.24. The molecule has 1 N–H and O–H groups in total. The second kappa shape index (κ2) is 6.09. The molecular formula is C14H20N4O3. The number of carboxylic acid groups (broad SMARTS) is 1. The second-order valence-electron chi connectivity index (χ2n) is 5.22. The van der Waals surface area contributed by atoms with Crippen molar-refractivity contribution in [2.75, 3.05) is 27.2 Å². The summed E-state index contributed by atoms with van der Waals surface area (Å²) >= 11 is 0. The molecule has 0 unspecified atom stereocenters. The fourth-order valence-electron chi connectivity index (χ4n) is 2.24. The normalized spacial score (nSPS) is 11.3. The van der Waals surface area contributed by atoms with Crippen molar-refractivity contribution in [1.29, 1.82) is 0 Å². The lowest BCUT2D eigenvalue weighted by Gasteiger charge is -2.12. The maximum absolute atomic E-state index is 11.4. The van der Waals surface area contributed by atoms with E-state index >= 15 is 0 Å². The number of hydrogen-bond donors (Lipinski definition) is 1. The highest BCUT2D eigenvalue weighted by Gasteiger charge is 2.20. The lowest BCUT2D eigenvalue weighted by atomic mass is 10.1. The maximum atomic E-state index is 11.4. The van der Waals surface area contributed by atoms with Crippen molar-refractivity contribution in [2.24, 2.45) is 7.05 Å². The third-order valence-electron chi connectivity index (χ3n) is 3.21. The van der Waals surface area contributed by atoms with E-state index in [0.717, 1.165) is 13.0 Å². The zero-order valence-electron chi connectivity index (χ0n) is 12.8. The van der Waals surface area contributed by atoms with Crippen LogP contribution in [0.5, 0.6) is 5.75 Å². The van der Waals surface area contributed by atoms with Crippen LogP contribution in [-0.4, -0.2) is 58.0 Å². The van der Waals surface area contributed by atoms with Gasteiger partial charge in [-0.05, 0) is 27.4 Å². The standard InChI is InChI=1S/C14H20N4O3/c1-9-11-12(21-7-5-6-17(2)3)10(14(19)20)8-15-13(11)18(4)16-9/h8H,5-7H2,1-4H3,(H,19,20). The predicted molar refractivity (Wildman–Crippen MR) is 78.9 cm³/mol. The number of aromatic nitrogens is 3. The summed E-state index contributed by atoms with van der Waals surface area (Å²) in [6.45, 7) is 3.15. The average molecular weight is 292 g/mol. The summed E-state index contributed by atoms with van der Waals surface area (Å²) in [5.74, 6) is -0.688. The Labute approximate surface area is 123 Å². The lowest BCUT2D eigenvalue weighted by Crippen LogP contribution is -2.16. The largest absolute Gasteiger partial charge is 0.492 e. The molecule has 0 saturated heterocycles. The minimum atomic E-state index is -1.05. The number of rotatable bonds is 6. The summed E-state index contributed by atoms with van der Waals surface area (Å²) in [7, 11) is 5.75. The molecule has 114 valence electrons. The Kier molecular flexibility index (Phi) is 4.42. The first-order valence-electron chi connectivity index (χ1n) is 6.75. The van der Waals surface area contributed by atoms with Crippen molar-refractivity contribution in [1.82, 2.24) is 19.7 Å². The molecule has 2 aromatic heterocycles. The zero-order chi connectivity index (χ0) is 15.6. The molecule has 2 aromatic rings. The summed E-state index contributed by atoms with van der Waals surface area (Å²) in [4.78, 5) is 17.6. The number of hydrogen-bond acceptors (Lipinski definition) is 5. The Balaban J connectivity index is 2.37. The van der Waals surface area contributed by atoms with Crippen LogP contribution in [0.3, 0.4) is 0 Å². The highest BCUT2D eigenvalue weighted by Crippen LogP contribution is 2.30. The summed E-state index contributed by atoms with van der Waals surface area (Å²) in [5.41, 5.74) is 1.41. The van der Waals surface area contributed by atoms with E-state index in [-0.39, 0.29) is 5.56 Å². The van der Waals surface area contributed by atoms with Gasteiger partial charge in [-0.25, -0.2) is 9.78 Å². The van der Waals surface area contributed by atoms with Crippen molar-refractivity contribution in [3.8, 4) is 5.75 Å². The van der Waals surface area contributed by atoms with Gasteiger partial charge in [-0.2, -0.15) is 5.10 Å². The Bertz CT molecular complexity index is 664. The van der Waals surface area contributed by atoms with E-state index in [0.29, 0.717) is 29.1 Å². The second-order valence-corrected chi connectivity index (χ2v) is 5.22. The Hall–Kier alpha value is -2.15. The topological polar surface area (TPSA) is 80.5 Å². The quantitative estimate of drug-likeness (QED) is 0.808. The molecule has 0 saturated carbocycles. The van der Waals surface area contributed by atoms with Crippen LogP contribution in [0.25, 0.3) is 11.0 Å². The van der Waals surface area contributed by atoms with Crippen molar-refractivity contribution in [3.05, 3.63) is 17.5 Å². The molecule has 2 heterocycles. The van der Waals surface area contributed by atoms with Crippen LogP contribution in [0.4, 0.5) is 0 Å². The lowest BCUT2D eigenvalue weighted by molar-refractivity contribution is 0.0692. The summed E-state index contributed by atoms with van der Waals surface area (Å²) in [6, 6.07) is 0. The van der Waals surface area contributed by atoms with E-state index in [4.69, 9.17) is 4.74 Å². The monoisotopic (exact) mass is 292 g/mol. The molecule has 0 radical (unpaired) electrons. The molecule has 0 atom stereocenters. The van der Waals surface area contributed by atoms with Gasteiger partial charge in [0.2, 0.25) is 0 Å².